The number of aromatic nitrogens is 5. The van der Waals surface area contributed by atoms with E-state index in [1.165, 1.54) is 17.2 Å². The number of rotatable bonds is 6. The molecule has 34 heavy (non-hydrogen) atoms. The molecule has 0 saturated carbocycles. The van der Waals surface area contributed by atoms with Crippen molar-refractivity contribution in [1.29, 1.82) is 0 Å². The number of hydrogen-bond acceptors (Lipinski definition) is 5. The maximum Gasteiger partial charge on any atom is 0.332 e. The van der Waals surface area contributed by atoms with E-state index in [1.54, 1.807) is 25.7 Å². The minimum atomic E-state index is -0.408. The molecule has 9 heteroatoms. The highest BCUT2D eigenvalue weighted by atomic mass is 16.5. The SMILES string of the molecule is COc1ccc(-c2cn3c4c(=O)n(C)c(=O)n(C)c4nc3n2CCc2ccccc2)cc1OC. The van der Waals surface area contributed by atoms with Crippen LogP contribution in [-0.4, -0.2) is 37.3 Å². The van der Waals surface area contributed by atoms with Crippen LogP contribution in [0.15, 0.2) is 64.3 Å². The second-order valence-corrected chi connectivity index (χ2v) is 8.13. The molecule has 0 aliphatic rings. The molecule has 5 rings (SSSR count). The summed E-state index contributed by atoms with van der Waals surface area (Å²) in [6.45, 7) is 0.627. The molecule has 0 fully saturated rings. The molecule has 0 amide bonds. The molecule has 0 aliphatic heterocycles. The molecule has 0 unspecified atom stereocenters. The molecular weight excluding hydrogens is 434 g/mol. The fraction of sp³-hybridized carbons (Fsp3) is 0.240. The van der Waals surface area contributed by atoms with Gasteiger partial charge in [0.1, 0.15) is 0 Å². The van der Waals surface area contributed by atoms with Crippen LogP contribution in [0.25, 0.3) is 28.2 Å². The molecule has 0 saturated heterocycles. The zero-order valence-corrected chi connectivity index (χ0v) is 19.5. The first-order valence-electron chi connectivity index (χ1n) is 10.9. The summed E-state index contributed by atoms with van der Waals surface area (Å²) in [5.74, 6) is 1.83. The van der Waals surface area contributed by atoms with Crippen LogP contribution in [0.2, 0.25) is 0 Å². The quantitative estimate of drug-likeness (QED) is 0.390. The highest BCUT2D eigenvalue weighted by molar-refractivity contribution is 5.78. The van der Waals surface area contributed by atoms with Crippen molar-refractivity contribution < 1.29 is 9.47 Å². The van der Waals surface area contributed by atoms with Crippen LogP contribution in [0.4, 0.5) is 0 Å². The minimum absolute atomic E-state index is 0.357. The van der Waals surface area contributed by atoms with Gasteiger partial charge in [-0.1, -0.05) is 30.3 Å². The van der Waals surface area contributed by atoms with Gasteiger partial charge in [-0.25, -0.2) is 4.79 Å². The lowest BCUT2D eigenvalue weighted by atomic mass is 10.1. The average Bonchev–Trinajstić information content (AvgIpc) is 3.41. The van der Waals surface area contributed by atoms with E-state index in [4.69, 9.17) is 14.5 Å². The second kappa shape index (κ2) is 8.26. The highest BCUT2D eigenvalue weighted by Crippen LogP contribution is 2.34. The number of imidazole rings is 2. The largest absolute Gasteiger partial charge is 0.493 e. The Kier molecular flexibility index (Phi) is 5.24. The van der Waals surface area contributed by atoms with E-state index in [0.29, 0.717) is 35.0 Å². The predicted octanol–water partition coefficient (Wildman–Crippen LogP) is 2.61. The van der Waals surface area contributed by atoms with Crippen molar-refractivity contribution in [2.24, 2.45) is 14.1 Å². The van der Waals surface area contributed by atoms with Crippen LogP contribution in [0.5, 0.6) is 11.5 Å². The summed E-state index contributed by atoms with van der Waals surface area (Å²) in [4.78, 5) is 30.2. The molecule has 3 heterocycles. The fourth-order valence-electron chi connectivity index (χ4n) is 4.35. The average molecular weight is 460 g/mol. The number of benzene rings is 2. The molecular formula is C25H25N5O4. The van der Waals surface area contributed by atoms with Gasteiger partial charge in [0.2, 0.25) is 5.78 Å². The number of fused-ring (bicyclic) bond motifs is 3. The van der Waals surface area contributed by atoms with E-state index < -0.39 is 5.69 Å². The van der Waals surface area contributed by atoms with E-state index in [1.807, 2.05) is 42.6 Å². The molecule has 174 valence electrons. The number of nitrogens with zero attached hydrogens (tertiary/aromatic N) is 5. The lowest BCUT2D eigenvalue weighted by molar-refractivity contribution is 0.355. The minimum Gasteiger partial charge on any atom is -0.493 e. The Bertz CT molecular complexity index is 1640. The Morgan fingerprint density at radius 3 is 2.35 bits per heavy atom. The highest BCUT2D eigenvalue weighted by Gasteiger charge is 2.21. The molecule has 0 N–H and O–H groups in total. The van der Waals surface area contributed by atoms with E-state index in [2.05, 4.69) is 16.7 Å². The van der Waals surface area contributed by atoms with Gasteiger partial charge in [0, 0.05) is 32.4 Å². The number of aryl methyl sites for hydroxylation is 3. The zero-order chi connectivity index (χ0) is 24.0. The van der Waals surface area contributed by atoms with Gasteiger partial charge >= 0.3 is 5.69 Å². The molecule has 0 atom stereocenters. The maximum absolute atomic E-state index is 13.0. The van der Waals surface area contributed by atoms with Crippen LogP contribution in [0.3, 0.4) is 0 Å². The number of methoxy groups -OCH3 is 2. The normalized spacial score (nSPS) is 11.4. The van der Waals surface area contributed by atoms with E-state index in [9.17, 15) is 9.59 Å². The fourth-order valence-corrected chi connectivity index (χ4v) is 4.35. The van der Waals surface area contributed by atoms with Crippen molar-refractivity contribution in [2.75, 3.05) is 14.2 Å². The first-order valence-corrected chi connectivity index (χ1v) is 10.9. The van der Waals surface area contributed by atoms with E-state index in [0.717, 1.165) is 22.2 Å². The third-order valence-electron chi connectivity index (χ3n) is 6.20. The Morgan fingerprint density at radius 1 is 0.912 bits per heavy atom. The van der Waals surface area contributed by atoms with Crippen molar-refractivity contribution in [3.63, 3.8) is 0 Å². The summed E-state index contributed by atoms with van der Waals surface area (Å²) in [6.07, 6.45) is 2.66. The number of hydrogen-bond donors (Lipinski definition) is 0. The molecule has 0 bridgehead atoms. The molecule has 5 aromatic rings. The van der Waals surface area contributed by atoms with Crippen molar-refractivity contribution in [2.45, 2.75) is 13.0 Å². The maximum atomic E-state index is 13.0. The Morgan fingerprint density at radius 2 is 1.65 bits per heavy atom. The molecule has 2 aromatic carbocycles. The summed E-state index contributed by atoms with van der Waals surface area (Å²) in [5.41, 5.74) is 2.88. The number of ether oxygens (including phenoxy) is 2. The molecule has 9 nitrogen and oxygen atoms in total. The van der Waals surface area contributed by atoms with Crippen molar-refractivity contribution >= 4 is 16.9 Å². The van der Waals surface area contributed by atoms with Crippen molar-refractivity contribution in [3.05, 3.63) is 81.1 Å². The van der Waals surface area contributed by atoms with Gasteiger partial charge in [0.25, 0.3) is 5.56 Å². The topological polar surface area (TPSA) is 84.7 Å². The van der Waals surface area contributed by atoms with Gasteiger partial charge in [0.05, 0.1) is 19.9 Å². The van der Waals surface area contributed by atoms with Crippen LogP contribution in [0, 0.1) is 0 Å². The van der Waals surface area contributed by atoms with Crippen molar-refractivity contribution in [3.8, 4) is 22.8 Å². The standard InChI is InChI=1S/C25H25N5O4/c1-27-22-21(23(31)28(2)25(27)32)30-15-18(17-10-11-19(33-3)20(14-17)34-4)29(24(30)26-22)13-12-16-8-6-5-7-9-16/h5-11,14-15H,12-13H2,1-4H3. The van der Waals surface area contributed by atoms with Gasteiger partial charge in [0.15, 0.2) is 22.7 Å². The lowest BCUT2D eigenvalue weighted by Gasteiger charge is -2.12. The lowest BCUT2D eigenvalue weighted by Crippen LogP contribution is -2.37. The summed E-state index contributed by atoms with van der Waals surface area (Å²) >= 11 is 0. The van der Waals surface area contributed by atoms with Gasteiger partial charge < -0.3 is 14.0 Å². The van der Waals surface area contributed by atoms with E-state index in [-0.39, 0.29) is 5.56 Å². The third-order valence-corrected chi connectivity index (χ3v) is 6.20. The van der Waals surface area contributed by atoms with Crippen LogP contribution >= 0.6 is 0 Å². The predicted molar refractivity (Wildman–Crippen MR) is 130 cm³/mol. The van der Waals surface area contributed by atoms with Gasteiger partial charge in [-0.3, -0.25) is 18.3 Å². The Balaban J connectivity index is 1.77. The van der Waals surface area contributed by atoms with Gasteiger partial charge in [-0.15, -0.1) is 0 Å². The zero-order valence-electron chi connectivity index (χ0n) is 19.5. The molecule has 0 aliphatic carbocycles. The Labute approximate surface area is 195 Å². The van der Waals surface area contributed by atoms with E-state index >= 15 is 0 Å². The summed E-state index contributed by atoms with van der Waals surface area (Å²) in [5, 5.41) is 0. The van der Waals surface area contributed by atoms with Crippen LogP contribution < -0.4 is 20.7 Å². The third kappa shape index (κ3) is 3.28. The van der Waals surface area contributed by atoms with Gasteiger partial charge in [-0.05, 0) is 30.2 Å². The molecule has 0 radical (unpaired) electrons. The summed E-state index contributed by atoms with van der Waals surface area (Å²) < 4.78 is 17.2. The second-order valence-electron chi connectivity index (χ2n) is 8.13. The summed E-state index contributed by atoms with van der Waals surface area (Å²) in [6, 6.07) is 15.9. The smallest absolute Gasteiger partial charge is 0.332 e. The molecule has 3 aromatic heterocycles. The molecule has 0 spiro atoms. The first kappa shape index (κ1) is 21.6. The first-order chi connectivity index (χ1) is 16.4. The van der Waals surface area contributed by atoms with Crippen LogP contribution in [-0.2, 0) is 27.1 Å². The van der Waals surface area contributed by atoms with Gasteiger partial charge in [-0.2, -0.15) is 4.98 Å². The van der Waals surface area contributed by atoms with Crippen LogP contribution in [0.1, 0.15) is 5.56 Å². The monoisotopic (exact) mass is 459 g/mol. The Hall–Kier alpha value is -4.27. The summed E-state index contributed by atoms with van der Waals surface area (Å²) in [7, 11) is 6.30. The van der Waals surface area contributed by atoms with Crippen molar-refractivity contribution in [1.82, 2.24) is 23.1 Å².